The van der Waals surface area contributed by atoms with Gasteiger partial charge in [-0.25, -0.2) is 15.0 Å². The summed E-state index contributed by atoms with van der Waals surface area (Å²) in [7, 11) is 0. The molecule has 6 nitrogen and oxygen atoms in total. The Bertz CT molecular complexity index is 809. The van der Waals surface area contributed by atoms with Gasteiger partial charge in [-0.05, 0) is 31.4 Å². The van der Waals surface area contributed by atoms with Crippen molar-refractivity contribution in [3.8, 4) is 0 Å². The highest BCUT2D eigenvalue weighted by Crippen LogP contribution is 2.19. The summed E-state index contributed by atoms with van der Waals surface area (Å²) in [4.78, 5) is 26.2. The van der Waals surface area contributed by atoms with Gasteiger partial charge in [-0.3, -0.25) is 4.79 Å². The fraction of sp³-hybridized carbons (Fsp3) is 0.250. The molecule has 24 heavy (non-hydrogen) atoms. The molecule has 0 aliphatic rings. The third-order valence-electron chi connectivity index (χ3n) is 3.13. The van der Waals surface area contributed by atoms with Gasteiger partial charge in [0.05, 0.1) is 18.7 Å². The lowest BCUT2D eigenvalue weighted by Crippen LogP contribution is -2.24. The second-order valence-electron chi connectivity index (χ2n) is 5.28. The van der Waals surface area contributed by atoms with Gasteiger partial charge >= 0.3 is 0 Å². The monoisotopic (exact) mass is 359 g/mol. The fourth-order valence-corrected chi connectivity index (χ4v) is 3.50. The lowest BCUT2D eigenvalue weighted by Gasteiger charge is -2.03. The first-order chi connectivity index (χ1) is 11.6. The Balaban J connectivity index is 1.55. The summed E-state index contributed by atoms with van der Waals surface area (Å²) in [5.41, 5.74) is 2.53. The van der Waals surface area contributed by atoms with E-state index in [-0.39, 0.29) is 12.3 Å². The number of hydrogen-bond donors (Lipinski definition) is 2. The number of thiophene rings is 1. The topological polar surface area (TPSA) is 79.8 Å². The molecule has 3 heterocycles. The number of carbonyl (C=O) groups excluding carboxylic acids is 1. The van der Waals surface area contributed by atoms with E-state index in [0.29, 0.717) is 17.6 Å². The van der Waals surface area contributed by atoms with Crippen LogP contribution in [0.25, 0.3) is 0 Å². The minimum Gasteiger partial charge on any atom is -0.351 e. The number of aromatic nitrogens is 3. The van der Waals surface area contributed by atoms with Crippen molar-refractivity contribution in [2.24, 2.45) is 0 Å². The Morgan fingerprint density at radius 1 is 1.17 bits per heavy atom. The van der Waals surface area contributed by atoms with Crippen LogP contribution in [0.15, 0.2) is 29.0 Å². The lowest BCUT2D eigenvalue weighted by atomic mass is 10.3. The molecule has 0 spiro atoms. The van der Waals surface area contributed by atoms with Crippen LogP contribution < -0.4 is 10.6 Å². The minimum atomic E-state index is -0.0390. The van der Waals surface area contributed by atoms with Gasteiger partial charge < -0.3 is 10.6 Å². The maximum atomic E-state index is 12.0. The van der Waals surface area contributed by atoms with E-state index in [1.165, 1.54) is 11.3 Å². The minimum absolute atomic E-state index is 0.0390. The summed E-state index contributed by atoms with van der Waals surface area (Å²) >= 11 is 3.06. The summed E-state index contributed by atoms with van der Waals surface area (Å²) in [6.45, 7) is 4.40. The van der Waals surface area contributed by atoms with Gasteiger partial charge in [0.2, 0.25) is 11.9 Å². The Kier molecular flexibility index (Phi) is 5.17. The summed E-state index contributed by atoms with van der Waals surface area (Å²) in [6.07, 6.45) is 0.261. The number of amides is 1. The van der Waals surface area contributed by atoms with Gasteiger partial charge in [0.25, 0.3) is 0 Å². The van der Waals surface area contributed by atoms with E-state index in [9.17, 15) is 4.79 Å². The van der Waals surface area contributed by atoms with Crippen LogP contribution in [-0.4, -0.2) is 20.9 Å². The van der Waals surface area contributed by atoms with Crippen molar-refractivity contribution in [1.29, 1.82) is 0 Å². The molecule has 0 fully saturated rings. The first kappa shape index (κ1) is 16.5. The molecule has 0 saturated heterocycles. The van der Waals surface area contributed by atoms with Crippen molar-refractivity contribution in [1.82, 2.24) is 20.3 Å². The summed E-state index contributed by atoms with van der Waals surface area (Å²) in [5, 5.41) is 10.5. The first-order valence-electron chi connectivity index (χ1n) is 7.41. The third kappa shape index (κ3) is 4.59. The second-order valence-corrected chi connectivity index (χ2v) is 7.17. The maximum Gasteiger partial charge on any atom is 0.229 e. The van der Waals surface area contributed by atoms with Crippen molar-refractivity contribution in [3.05, 3.63) is 50.9 Å². The van der Waals surface area contributed by atoms with Gasteiger partial charge in [0, 0.05) is 21.6 Å². The molecule has 0 radical (unpaired) electrons. The van der Waals surface area contributed by atoms with Crippen molar-refractivity contribution in [2.75, 3.05) is 5.32 Å². The zero-order valence-corrected chi connectivity index (χ0v) is 15.0. The molecule has 0 aromatic carbocycles. The van der Waals surface area contributed by atoms with E-state index in [4.69, 9.17) is 0 Å². The van der Waals surface area contributed by atoms with E-state index < -0.39 is 0 Å². The highest BCUT2D eigenvalue weighted by molar-refractivity contribution is 7.13. The van der Waals surface area contributed by atoms with Crippen LogP contribution in [0.2, 0.25) is 0 Å². The number of thiazole rings is 1. The van der Waals surface area contributed by atoms with Crippen LogP contribution in [0.5, 0.6) is 0 Å². The third-order valence-corrected chi connectivity index (χ3v) is 4.82. The number of aryl methyl sites for hydroxylation is 2. The predicted molar refractivity (Wildman–Crippen MR) is 96.8 cm³/mol. The molecule has 1 amide bonds. The molecule has 0 aliphatic heterocycles. The van der Waals surface area contributed by atoms with Crippen molar-refractivity contribution < 1.29 is 4.79 Å². The highest BCUT2D eigenvalue weighted by atomic mass is 32.1. The average Bonchev–Trinajstić information content (AvgIpc) is 3.16. The first-order valence-corrected chi connectivity index (χ1v) is 9.17. The summed E-state index contributed by atoms with van der Waals surface area (Å²) in [5.74, 6) is 0.485. The largest absolute Gasteiger partial charge is 0.351 e. The molecular formula is C16H17N5OS2. The van der Waals surface area contributed by atoms with Crippen LogP contribution in [0.3, 0.4) is 0 Å². The van der Waals surface area contributed by atoms with E-state index in [0.717, 1.165) is 22.0 Å². The number of rotatable bonds is 6. The normalized spacial score (nSPS) is 10.6. The predicted octanol–water partition coefficient (Wildman–Crippen LogP) is 3.21. The Morgan fingerprint density at radius 3 is 2.67 bits per heavy atom. The molecule has 124 valence electrons. The van der Waals surface area contributed by atoms with Gasteiger partial charge in [0.15, 0.2) is 5.13 Å². The van der Waals surface area contributed by atoms with E-state index in [1.54, 1.807) is 11.3 Å². The summed E-state index contributed by atoms with van der Waals surface area (Å²) < 4.78 is 0. The number of carbonyl (C=O) groups is 1. The number of anilines is 2. The molecule has 0 bridgehead atoms. The standard InChI is InChI=1S/C16H17N5OS2/c1-10-6-11(2)19-15(18-10)21-16-20-12(9-24-16)7-14(22)17-8-13-4-3-5-23-13/h3-6,9H,7-8H2,1-2H3,(H,17,22)(H,18,19,20,21). The second kappa shape index (κ2) is 7.50. The molecule has 0 saturated carbocycles. The SMILES string of the molecule is Cc1cc(C)nc(Nc2nc(CC(=O)NCc3cccs3)cs2)n1. The van der Waals surface area contributed by atoms with Crippen molar-refractivity contribution in [3.63, 3.8) is 0 Å². The van der Waals surface area contributed by atoms with E-state index in [2.05, 4.69) is 25.6 Å². The van der Waals surface area contributed by atoms with E-state index >= 15 is 0 Å². The molecule has 3 aromatic heterocycles. The Hall–Kier alpha value is -2.32. The van der Waals surface area contributed by atoms with Crippen LogP contribution in [0, 0.1) is 13.8 Å². The summed E-state index contributed by atoms with van der Waals surface area (Å²) in [6, 6.07) is 5.88. The molecule has 0 unspecified atom stereocenters. The fourth-order valence-electron chi connectivity index (χ4n) is 2.15. The van der Waals surface area contributed by atoms with Crippen molar-refractivity contribution in [2.45, 2.75) is 26.8 Å². The van der Waals surface area contributed by atoms with Crippen LogP contribution in [0.4, 0.5) is 11.1 Å². The molecule has 8 heteroatoms. The Morgan fingerprint density at radius 2 is 1.96 bits per heavy atom. The van der Waals surface area contributed by atoms with Gasteiger partial charge in [-0.15, -0.1) is 22.7 Å². The number of hydrogen-bond acceptors (Lipinski definition) is 7. The van der Waals surface area contributed by atoms with E-state index in [1.807, 2.05) is 42.8 Å². The average molecular weight is 359 g/mol. The smallest absolute Gasteiger partial charge is 0.229 e. The molecule has 2 N–H and O–H groups in total. The molecule has 3 rings (SSSR count). The van der Waals surface area contributed by atoms with Gasteiger partial charge in [-0.1, -0.05) is 6.07 Å². The number of nitrogens with one attached hydrogen (secondary N) is 2. The van der Waals surface area contributed by atoms with Crippen LogP contribution >= 0.6 is 22.7 Å². The van der Waals surface area contributed by atoms with Gasteiger partial charge in [0.1, 0.15) is 0 Å². The van der Waals surface area contributed by atoms with Crippen LogP contribution in [0.1, 0.15) is 22.0 Å². The van der Waals surface area contributed by atoms with Gasteiger partial charge in [-0.2, -0.15) is 0 Å². The molecule has 3 aromatic rings. The lowest BCUT2D eigenvalue weighted by molar-refractivity contribution is -0.120. The molecular weight excluding hydrogens is 342 g/mol. The quantitative estimate of drug-likeness (QED) is 0.706. The molecule has 0 atom stereocenters. The van der Waals surface area contributed by atoms with Crippen LogP contribution in [-0.2, 0) is 17.8 Å². The maximum absolute atomic E-state index is 12.0. The Labute approximate surface area is 148 Å². The van der Waals surface area contributed by atoms with Crippen molar-refractivity contribution >= 4 is 39.7 Å². The number of nitrogens with zero attached hydrogens (tertiary/aromatic N) is 3. The highest BCUT2D eigenvalue weighted by Gasteiger charge is 2.09. The zero-order chi connectivity index (χ0) is 16.9. The zero-order valence-electron chi connectivity index (χ0n) is 13.4. The molecule has 0 aliphatic carbocycles.